The van der Waals surface area contributed by atoms with Crippen molar-refractivity contribution in [2.75, 3.05) is 0 Å². The number of nitrogens with two attached hydrogens (primary N) is 1. The molecule has 0 aliphatic heterocycles. The number of aromatic nitrogens is 1. The van der Waals surface area contributed by atoms with Gasteiger partial charge in [-0.1, -0.05) is 0 Å². The third kappa shape index (κ3) is 1.91. The van der Waals surface area contributed by atoms with Gasteiger partial charge in [0, 0.05) is 11.8 Å². The van der Waals surface area contributed by atoms with Crippen molar-refractivity contribution in [1.82, 2.24) is 4.98 Å². The second-order valence-electron chi connectivity index (χ2n) is 2.84. The van der Waals surface area contributed by atoms with Gasteiger partial charge in [-0.3, -0.25) is 4.79 Å². The Balaban J connectivity index is 3.53. The maximum atomic E-state index is 12.6. The summed E-state index contributed by atoms with van der Waals surface area (Å²) >= 11 is 0. The molecule has 6 heteroatoms. The van der Waals surface area contributed by atoms with E-state index in [0.29, 0.717) is 0 Å². The van der Waals surface area contributed by atoms with E-state index in [1.807, 2.05) is 0 Å². The molecule has 1 rings (SSSR count). The maximum Gasteiger partial charge on any atom is 0.265 e. The molecular formula is C9H7F2N3O. The minimum absolute atomic E-state index is 0.0104. The van der Waals surface area contributed by atoms with E-state index in [-0.39, 0.29) is 16.8 Å². The molecule has 1 amide bonds. The molecule has 1 heterocycles. The largest absolute Gasteiger partial charge is 0.366 e. The van der Waals surface area contributed by atoms with E-state index in [4.69, 9.17) is 11.0 Å². The summed E-state index contributed by atoms with van der Waals surface area (Å²) in [7, 11) is 0. The first-order chi connectivity index (χ1) is 6.99. The Morgan fingerprint density at radius 1 is 1.67 bits per heavy atom. The number of alkyl halides is 2. The van der Waals surface area contributed by atoms with Crippen molar-refractivity contribution in [1.29, 1.82) is 5.26 Å². The number of rotatable bonds is 2. The lowest BCUT2D eigenvalue weighted by Gasteiger charge is -2.09. The number of nitriles is 1. The topological polar surface area (TPSA) is 79.8 Å². The minimum atomic E-state index is -2.86. The van der Waals surface area contributed by atoms with Gasteiger partial charge in [0.1, 0.15) is 11.8 Å². The highest BCUT2D eigenvalue weighted by molar-refractivity contribution is 5.94. The molecule has 0 radical (unpaired) electrons. The number of primary amides is 1. The molecule has 0 aliphatic rings. The average molecular weight is 211 g/mol. The van der Waals surface area contributed by atoms with Crippen molar-refractivity contribution in [3.8, 4) is 6.07 Å². The number of hydrogen-bond acceptors (Lipinski definition) is 3. The van der Waals surface area contributed by atoms with E-state index in [0.717, 1.165) is 6.20 Å². The van der Waals surface area contributed by atoms with Gasteiger partial charge in [0.05, 0.1) is 5.56 Å². The number of hydrogen-bond donors (Lipinski definition) is 1. The summed E-state index contributed by atoms with van der Waals surface area (Å²) in [6, 6.07) is 1.66. The first kappa shape index (κ1) is 11.0. The molecule has 0 fully saturated rings. The smallest absolute Gasteiger partial charge is 0.265 e. The van der Waals surface area contributed by atoms with Crippen LogP contribution >= 0.6 is 0 Å². The van der Waals surface area contributed by atoms with Crippen LogP contribution in [0.1, 0.15) is 33.6 Å². The first-order valence-corrected chi connectivity index (χ1v) is 3.96. The predicted octanol–water partition coefficient (Wildman–Crippen LogP) is 1.30. The molecule has 0 spiro atoms. The number of nitrogens with zero attached hydrogens (tertiary/aromatic N) is 2. The fourth-order valence-electron chi connectivity index (χ4n) is 1.22. The van der Waals surface area contributed by atoms with Crippen molar-refractivity contribution in [2.24, 2.45) is 5.73 Å². The average Bonchev–Trinajstić information content (AvgIpc) is 2.16. The van der Waals surface area contributed by atoms with Crippen molar-refractivity contribution in [3.63, 3.8) is 0 Å². The van der Waals surface area contributed by atoms with Crippen molar-refractivity contribution in [3.05, 3.63) is 28.6 Å². The second kappa shape index (κ2) is 4.00. The Morgan fingerprint density at radius 2 is 2.27 bits per heavy atom. The van der Waals surface area contributed by atoms with Crippen LogP contribution in [0.4, 0.5) is 8.78 Å². The summed E-state index contributed by atoms with van der Waals surface area (Å²) in [4.78, 5) is 14.4. The van der Waals surface area contributed by atoms with Crippen LogP contribution in [0.15, 0.2) is 6.20 Å². The van der Waals surface area contributed by atoms with E-state index in [2.05, 4.69) is 4.98 Å². The summed E-state index contributed by atoms with van der Waals surface area (Å²) in [6.45, 7) is 1.31. The van der Waals surface area contributed by atoms with Crippen LogP contribution < -0.4 is 5.73 Å². The highest BCUT2D eigenvalue weighted by atomic mass is 19.3. The van der Waals surface area contributed by atoms with Gasteiger partial charge >= 0.3 is 0 Å². The molecule has 0 aliphatic carbocycles. The molecule has 0 bridgehead atoms. The summed E-state index contributed by atoms with van der Waals surface area (Å²) < 4.78 is 25.2. The second-order valence-corrected chi connectivity index (χ2v) is 2.84. The molecule has 78 valence electrons. The third-order valence-corrected chi connectivity index (χ3v) is 1.96. The van der Waals surface area contributed by atoms with Gasteiger partial charge in [0.25, 0.3) is 12.3 Å². The fourth-order valence-corrected chi connectivity index (χ4v) is 1.22. The lowest BCUT2D eigenvalue weighted by Crippen LogP contribution is -2.16. The fraction of sp³-hybridized carbons (Fsp3) is 0.222. The maximum absolute atomic E-state index is 12.6. The Labute approximate surface area is 84.3 Å². The van der Waals surface area contributed by atoms with Crippen molar-refractivity contribution >= 4 is 5.91 Å². The Kier molecular flexibility index (Phi) is 2.95. The van der Waals surface area contributed by atoms with E-state index < -0.39 is 17.9 Å². The van der Waals surface area contributed by atoms with Gasteiger partial charge in [0.15, 0.2) is 0 Å². The summed E-state index contributed by atoms with van der Waals surface area (Å²) in [6.07, 6.45) is -1.96. The Hall–Kier alpha value is -2.03. The number of carbonyl (C=O) groups is 1. The SMILES string of the molecule is Cc1c(C#N)ncc(C(N)=O)c1C(F)F. The van der Waals surface area contributed by atoms with E-state index in [9.17, 15) is 13.6 Å². The van der Waals surface area contributed by atoms with Crippen LogP contribution in [0.2, 0.25) is 0 Å². The van der Waals surface area contributed by atoms with Gasteiger partial charge in [0.2, 0.25) is 0 Å². The number of amides is 1. The normalized spacial score (nSPS) is 10.1. The zero-order valence-corrected chi connectivity index (χ0v) is 7.79. The molecule has 0 saturated carbocycles. The van der Waals surface area contributed by atoms with Gasteiger partial charge < -0.3 is 5.73 Å². The van der Waals surface area contributed by atoms with Crippen molar-refractivity contribution in [2.45, 2.75) is 13.3 Å². The molecule has 1 aromatic rings. The Morgan fingerprint density at radius 3 is 2.67 bits per heavy atom. The quantitative estimate of drug-likeness (QED) is 0.800. The van der Waals surface area contributed by atoms with E-state index in [1.54, 1.807) is 6.07 Å². The summed E-state index contributed by atoms with van der Waals surface area (Å²) in [5.74, 6) is -0.981. The number of pyridine rings is 1. The lowest BCUT2D eigenvalue weighted by molar-refractivity contribution is 0.0985. The van der Waals surface area contributed by atoms with E-state index in [1.165, 1.54) is 6.92 Å². The summed E-state index contributed by atoms with van der Waals surface area (Å²) in [5, 5.41) is 8.58. The molecule has 15 heavy (non-hydrogen) atoms. The highest BCUT2D eigenvalue weighted by Gasteiger charge is 2.21. The zero-order valence-electron chi connectivity index (χ0n) is 7.79. The third-order valence-electron chi connectivity index (χ3n) is 1.96. The molecule has 2 N–H and O–H groups in total. The zero-order chi connectivity index (χ0) is 11.6. The van der Waals surface area contributed by atoms with Crippen LogP contribution in [0, 0.1) is 18.3 Å². The van der Waals surface area contributed by atoms with Crippen LogP contribution in [-0.2, 0) is 0 Å². The van der Waals surface area contributed by atoms with Crippen LogP contribution in [0.5, 0.6) is 0 Å². The van der Waals surface area contributed by atoms with Crippen LogP contribution in [0.25, 0.3) is 0 Å². The number of carbonyl (C=O) groups excluding carboxylic acids is 1. The van der Waals surface area contributed by atoms with Crippen LogP contribution in [-0.4, -0.2) is 10.9 Å². The van der Waals surface area contributed by atoms with Gasteiger partial charge in [-0.15, -0.1) is 0 Å². The molecule has 0 saturated heterocycles. The molecule has 0 aromatic carbocycles. The summed E-state index contributed by atoms with van der Waals surface area (Å²) in [5.41, 5.74) is 3.91. The minimum Gasteiger partial charge on any atom is -0.366 e. The van der Waals surface area contributed by atoms with Crippen molar-refractivity contribution < 1.29 is 13.6 Å². The molecule has 4 nitrogen and oxygen atoms in total. The Bertz CT molecular complexity index is 451. The van der Waals surface area contributed by atoms with E-state index >= 15 is 0 Å². The highest BCUT2D eigenvalue weighted by Crippen LogP contribution is 2.27. The van der Waals surface area contributed by atoms with Gasteiger partial charge in [-0.2, -0.15) is 5.26 Å². The molecule has 0 unspecified atom stereocenters. The lowest BCUT2D eigenvalue weighted by atomic mass is 10.0. The standard InChI is InChI=1S/C9H7F2N3O/c1-4-6(2-12)14-3-5(9(13)15)7(4)8(10)11/h3,8H,1H3,(H2,13,15). The molecule has 0 atom stereocenters. The monoisotopic (exact) mass is 211 g/mol. The molecular weight excluding hydrogens is 204 g/mol. The first-order valence-electron chi connectivity index (χ1n) is 3.96. The van der Waals surface area contributed by atoms with Gasteiger partial charge in [-0.05, 0) is 12.5 Å². The molecule has 1 aromatic heterocycles. The van der Waals surface area contributed by atoms with Crippen LogP contribution in [0.3, 0.4) is 0 Å². The number of halogens is 2. The van der Waals surface area contributed by atoms with Gasteiger partial charge in [-0.25, -0.2) is 13.8 Å². The predicted molar refractivity (Wildman–Crippen MR) is 47.2 cm³/mol.